The van der Waals surface area contributed by atoms with E-state index in [9.17, 15) is 4.79 Å². The minimum absolute atomic E-state index is 0.00574. The quantitative estimate of drug-likeness (QED) is 0.555. The number of benzene rings is 1. The third-order valence-corrected chi connectivity index (χ3v) is 2.19. The van der Waals surface area contributed by atoms with Crippen LogP contribution < -0.4 is 10.6 Å². The Labute approximate surface area is 126 Å². The summed E-state index contributed by atoms with van der Waals surface area (Å²) in [7, 11) is 0. The highest BCUT2D eigenvalue weighted by molar-refractivity contribution is 15.0. The lowest BCUT2D eigenvalue weighted by molar-refractivity contribution is -0.119. The van der Waals surface area contributed by atoms with Crippen LogP contribution in [-0.2, 0) is 4.79 Å². The third kappa shape index (κ3) is 4.61. The summed E-state index contributed by atoms with van der Waals surface area (Å²) < 4.78 is 0. The molecule has 0 aromatic heterocycles. The highest BCUT2D eigenvalue weighted by Crippen LogP contribution is 2.29. The number of hydrogen-bond acceptors (Lipinski definition) is 2. The third-order valence-electron chi connectivity index (χ3n) is 2.19. The van der Waals surface area contributed by atoms with E-state index in [-0.39, 0.29) is 5.91 Å². The van der Waals surface area contributed by atoms with E-state index in [0.717, 1.165) is 11.4 Å². The maximum absolute atomic E-state index is 11.5. The van der Waals surface area contributed by atoms with Crippen LogP contribution in [0, 0.1) is 0 Å². The monoisotopic (exact) mass is 460 g/mol. The molecule has 0 bridgehead atoms. The topological polar surface area (TPSA) is 41.1 Å². The Morgan fingerprint density at radius 3 is 2.06 bits per heavy atom. The number of hydrogen-bond donors (Lipinski definition) is 2. The molecule has 0 aliphatic carbocycles. The number of rotatable bonds is 0. The molecule has 2 rings (SSSR count). The van der Waals surface area contributed by atoms with Gasteiger partial charge in [-0.1, -0.05) is 26.0 Å². The van der Waals surface area contributed by atoms with Gasteiger partial charge in [-0.15, -0.1) is 0 Å². The van der Waals surface area contributed by atoms with Gasteiger partial charge in [-0.25, -0.2) is 0 Å². The summed E-state index contributed by atoms with van der Waals surface area (Å²) in [5.74, 6) is 0.00574. The molecule has 0 saturated carbocycles. The fraction of sp³-hybridized carbons (Fsp3) is 0.417. The normalized spacial score (nSPS) is 14.8. The Kier molecular flexibility index (Phi) is 8.10. The van der Waals surface area contributed by atoms with Gasteiger partial charge in [0.1, 0.15) is 5.54 Å². The van der Waals surface area contributed by atoms with Crippen LogP contribution in [0.5, 0.6) is 0 Å². The van der Waals surface area contributed by atoms with Crippen LogP contribution in [0.1, 0.15) is 27.7 Å². The van der Waals surface area contributed by atoms with Crippen molar-refractivity contribution in [3.63, 3.8) is 0 Å². The number of anilines is 2. The van der Waals surface area contributed by atoms with Gasteiger partial charge >= 0.3 is 0 Å². The average molecular weight is 460 g/mol. The summed E-state index contributed by atoms with van der Waals surface area (Å²) in [6, 6.07) is 7.69. The predicted octanol–water partition coefficient (Wildman–Crippen LogP) is 4.63. The summed E-state index contributed by atoms with van der Waals surface area (Å²) in [6.45, 7) is 7.72. The molecule has 17 heavy (non-hydrogen) atoms. The fourth-order valence-corrected chi connectivity index (χ4v) is 1.37. The number of nitrogens with one attached hydrogen (secondary N) is 2. The van der Waals surface area contributed by atoms with Crippen molar-refractivity contribution < 1.29 is 4.79 Å². The van der Waals surface area contributed by atoms with Crippen molar-refractivity contribution in [2.45, 2.75) is 33.2 Å². The van der Waals surface area contributed by atoms with Gasteiger partial charge in [0, 0.05) is 37.2 Å². The highest BCUT2D eigenvalue weighted by atomic mass is 128. The lowest BCUT2D eigenvalue weighted by Crippen LogP contribution is -2.47. The summed E-state index contributed by atoms with van der Waals surface area (Å²) in [4.78, 5) is 11.5. The molecule has 1 heterocycles. The van der Waals surface area contributed by atoms with Gasteiger partial charge in [0.2, 0.25) is 5.91 Å². The number of amides is 1. The predicted molar refractivity (Wildman–Crippen MR) is 92.2 cm³/mol. The van der Waals surface area contributed by atoms with Crippen LogP contribution in [0.2, 0.25) is 0 Å². The van der Waals surface area contributed by atoms with Gasteiger partial charge in [0.25, 0.3) is 0 Å². The molecule has 0 fully saturated rings. The summed E-state index contributed by atoms with van der Waals surface area (Å²) in [5, 5.41) is 6.02. The first kappa shape index (κ1) is 16.9. The van der Waals surface area contributed by atoms with Crippen molar-refractivity contribution in [3.8, 4) is 0 Å². The van der Waals surface area contributed by atoms with Crippen molar-refractivity contribution in [2.24, 2.45) is 0 Å². The number of para-hydroxylation sites is 2. The largest absolute Gasteiger partial charge is 0.370 e. The second-order valence-corrected chi connectivity index (χ2v) is 3.75. The maximum Gasteiger partial charge on any atom is 0.249 e. The van der Waals surface area contributed by atoms with E-state index in [2.05, 4.69) is 47.9 Å². The molecule has 1 aromatic carbocycles. The molecule has 0 atom stereocenters. The SMILES string of the molecule is CC.CC1(C)Nc2ccccc2NC1=O.II. The summed E-state index contributed by atoms with van der Waals surface area (Å²) in [6.07, 6.45) is 0. The Morgan fingerprint density at radius 2 is 1.53 bits per heavy atom. The van der Waals surface area contributed by atoms with Gasteiger partial charge in [-0.2, -0.15) is 0 Å². The van der Waals surface area contributed by atoms with E-state index in [1.165, 1.54) is 0 Å². The standard InChI is InChI=1S/C10H12N2O.C2H6.I2/c1-10(2)9(13)11-7-5-3-4-6-8(7)12-10;2*1-2/h3-6,12H,1-2H3,(H,11,13);1-2H3;. The first-order valence-electron chi connectivity index (χ1n) is 5.42. The van der Waals surface area contributed by atoms with Gasteiger partial charge in [-0.05, 0) is 26.0 Å². The number of halogens is 2. The second-order valence-electron chi connectivity index (χ2n) is 3.75. The van der Waals surface area contributed by atoms with Crippen molar-refractivity contribution in [3.05, 3.63) is 24.3 Å². The van der Waals surface area contributed by atoms with Crippen molar-refractivity contribution >= 4 is 54.5 Å². The lowest BCUT2D eigenvalue weighted by atomic mass is 10.0. The summed E-state index contributed by atoms with van der Waals surface area (Å²) >= 11 is 4.24. The molecule has 3 nitrogen and oxygen atoms in total. The zero-order chi connectivity index (χ0) is 13.5. The maximum atomic E-state index is 11.5. The molecule has 0 radical (unpaired) electrons. The van der Waals surface area contributed by atoms with Crippen molar-refractivity contribution in [1.82, 2.24) is 0 Å². The van der Waals surface area contributed by atoms with Crippen LogP contribution in [0.25, 0.3) is 0 Å². The molecule has 1 amide bonds. The van der Waals surface area contributed by atoms with E-state index in [1.807, 2.05) is 52.0 Å². The van der Waals surface area contributed by atoms with E-state index in [0.29, 0.717) is 0 Å². The van der Waals surface area contributed by atoms with Gasteiger partial charge in [0.15, 0.2) is 0 Å². The van der Waals surface area contributed by atoms with E-state index in [4.69, 9.17) is 0 Å². The van der Waals surface area contributed by atoms with Crippen LogP contribution in [0.4, 0.5) is 11.4 Å². The first-order valence-corrected chi connectivity index (χ1v) is 11.7. The van der Waals surface area contributed by atoms with Crippen LogP contribution in [0.15, 0.2) is 24.3 Å². The fourth-order valence-electron chi connectivity index (χ4n) is 1.37. The van der Waals surface area contributed by atoms with Gasteiger partial charge in [-0.3, -0.25) is 4.79 Å². The number of fused-ring (bicyclic) bond motifs is 1. The van der Waals surface area contributed by atoms with E-state index in [1.54, 1.807) is 0 Å². The Bertz CT molecular complexity index is 367. The molecule has 96 valence electrons. The van der Waals surface area contributed by atoms with Crippen molar-refractivity contribution in [2.75, 3.05) is 10.6 Å². The van der Waals surface area contributed by atoms with Crippen LogP contribution in [-0.4, -0.2) is 11.4 Å². The average Bonchev–Trinajstić information content (AvgIpc) is 2.35. The molecule has 0 unspecified atom stereocenters. The molecular formula is C12H18I2N2O. The highest BCUT2D eigenvalue weighted by Gasteiger charge is 2.32. The minimum atomic E-state index is -0.519. The van der Waals surface area contributed by atoms with Crippen LogP contribution >= 0.6 is 37.2 Å². The zero-order valence-corrected chi connectivity index (χ0v) is 14.8. The molecule has 1 aromatic rings. The van der Waals surface area contributed by atoms with E-state index >= 15 is 0 Å². The molecule has 1 aliphatic heterocycles. The minimum Gasteiger partial charge on any atom is -0.370 e. The zero-order valence-electron chi connectivity index (χ0n) is 10.5. The second kappa shape index (κ2) is 8.12. The smallest absolute Gasteiger partial charge is 0.249 e. The molecule has 2 N–H and O–H groups in total. The molecule has 5 heteroatoms. The van der Waals surface area contributed by atoms with Gasteiger partial charge < -0.3 is 10.6 Å². The molecule has 0 saturated heterocycles. The van der Waals surface area contributed by atoms with Gasteiger partial charge in [0.05, 0.1) is 11.4 Å². The van der Waals surface area contributed by atoms with Crippen molar-refractivity contribution in [1.29, 1.82) is 0 Å². The Morgan fingerprint density at radius 1 is 1.06 bits per heavy atom. The summed E-state index contributed by atoms with van der Waals surface area (Å²) in [5.41, 5.74) is 1.31. The molecular weight excluding hydrogens is 442 g/mol. The van der Waals surface area contributed by atoms with Crippen LogP contribution in [0.3, 0.4) is 0 Å². The first-order chi connectivity index (χ1) is 8.09. The number of carbonyl (C=O) groups excluding carboxylic acids is 1. The lowest BCUT2D eigenvalue weighted by Gasteiger charge is -2.32. The number of carbonyl (C=O) groups is 1. The molecule has 0 spiro atoms. The Balaban J connectivity index is 0.000000581. The Hall–Kier alpha value is -0.0500. The molecule has 1 aliphatic rings. The van der Waals surface area contributed by atoms with E-state index < -0.39 is 5.54 Å².